The number of anilines is 2. The molecule has 1 aromatic carbocycles. The van der Waals surface area contributed by atoms with Crippen molar-refractivity contribution in [1.29, 1.82) is 0 Å². The molecule has 1 aromatic heterocycles. The van der Waals surface area contributed by atoms with E-state index in [4.69, 9.17) is 0 Å². The van der Waals surface area contributed by atoms with Crippen LogP contribution in [0.4, 0.5) is 11.6 Å². The number of hydrogen-bond acceptors (Lipinski definition) is 6. The van der Waals surface area contributed by atoms with E-state index in [1.807, 2.05) is 19.1 Å². The number of fused-ring (bicyclic) bond motifs is 1. The first-order valence-electron chi connectivity index (χ1n) is 7.81. The Kier molecular flexibility index (Phi) is 4.46. The lowest BCUT2D eigenvalue weighted by molar-refractivity contribution is -0.120. The highest BCUT2D eigenvalue weighted by Gasteiger charge is 2.35. The van der Waals surface area contributed by atoms with Crippen molar-refractivity contribution in [2.45, 2.75) is 32.9 Å². The molecule has 0 saturated heterocycles. The number of benzene rings is 1. The van der Waals surface area contributed by atoms with E-state index in [0.717, 1.165) is 5.56 Å². The van der Waals surface area contributed by atoms with Crippen molar-refractivity contribution in [3.8, 4) is 0 Å². The molecule has 1 aliphatic heterocycles. The minimum absolute atomic E-state index is 0.00260. The topological polar surface area (TPSA) is 117 Å². The normalized spacial score (nSPS) is 14.2. The third-order valence-electron chi connectivity index (χ3n) is 3.94. The fourth-order valence-corrected chi connectivity index (χ4v) is 2.80. The average Bonchev–Trinajstić information content (AvgIpc) is 3.13. The number of carbonyl (C=O) groups is 3. The van der Waals surface area contributed by atoms with Crippen LogP contribution in [0.2, 0.25) is 0 Å². The molecule has 9 nitrogen and oxygen atoms in total. The van der Waals surface area contributed by atoms with Gasteiger partial charge in [-0.2, -0.15) is 0 Å². The van der Waals surface area contributed by atoms with Crippen LogP contribution in [0.5, 0.6) is 0 Å². The summed E-state index contributed by atoms with van der Waals surface area (Å²) >= 11 is 0. The van der Waals surface area contributed by atoms with Crippen LogP contribution in [0.1, 0.15) is 36.2 Å². The van der Waals surface area contributed by atoms with E-state index in [1.165, 1.54) is 11.8 Å². The molecule has 2 heterocycles. The molecule has 3 rings (SSSR count). The Morgan fingerprint density at radius 2 is 1.92 bits per heavy atom. The molecule has 25 heavy (non-hydrogen) atoms. The maximum Gasteiger partial charge on any atom is 0.255 e. The summed E-state index contributed by atoms with van der Waals surface area (Å²) in [5, 5.41) is 12.1. The van der Waals surface area contributed by atoms with Crippen LogP contribution in [-0.4, -0.2) is 39.0 Å². The summed E-state index contributed by atoms with van der Waals surface area (Å²) in [6, 6.07) is 6.59. The molecule has 130 valence electrons. The molecule has 3 amide bonds. The van der Waals surface area contributed by atoms with Crippen molar-refractivity contribution in [1.82, 2.24) is 15.2 Å². The summed E-state index contributed by atoms with van der Waals surface area (Å²) in [7, 11) is 0. The van der Waals surface area contributed by atoms with E-state index in [0.29, 0.717) is 18.5 Å². The monoisotopic (exact) mass is 343 g/mol. The lowest BCUT2D eigenvalue weighted by Crippen LogP contribution is -2.44. The Hall–Kier alpha value is -3.23. The Morgan fingerprint density at radius 3 is 2.56 bits per heavy atom. The van der Waals surface area contributed by atoms with Crippen LogP contribution in [0.15, 0.2) is 28.9 Å². The van der Waals surface area contributed by atoms with Crippen LogP contribution in [0.3, 0.4) is 0 Å². The van der Waals surface area contributed by atoms with Gasteiger partial charge in [0.2, 0.25) is 23.5 Å². The summed E-state index contributed by atoms with van der Waals surface area (Å²) in [4.78, 5) is 37.8. The second-order valence-electron chi connectivity index (χ2n) is 5.65. The van der Waals surface area contributed by atoms with Gasteiger partial charge in [-0.25, -0.2) is 4.63 Å². The number of hydrogen-bond donors (Lipinski definition) is 2. The van der Waals surface area contributed by atoms with Gasteiger partial charge in [0, 0.05) is 19.0 Å². The van der Waals surface area contributed by atoms with Crippen LogP contribution in [-0.2, 0) is 16.1 Å². The standard InChI is InChI=1S/C16H17N5O4/c1-3-12(21-8-10-6-4-5-7-11(10)16(21)24)15(23)18-14-13(17-9(2)22)19-25-20-14/h4-7,12H,3,8H2,1-2H3,(H,17,19,22)(H,18,20,23). The summed E-state index contributed by atoms with van der Waals surface area (Å²) in [6.07, 6.45) is 0.423. The van der Waals surface area contributed by atoms with Crippen molar-refractivity contribution in [2.75, 3.05) is 10.6 Å². The van der Waals surface area contributed by atoms with Crippen LogP contribution >= 0.6 is 0 Å². The van der Waals surface area contributed by atoms with E-state index in [9.17, 15) is 14.4 Å². The van der Waals surface area contributed by atoms with E-state index in [-0.39, 0.29) is 23.5 Å². The number of rotatable bonds is 5. The predicted octanol–water partition coefficient (Wildman–Crippen LogP) is 1.40. The largest absolute Gasteiger partial charge is 0.322 e. The zero-order valence-corrected chi connectivity index (χ0v) is 13.8. The SMILES string of the molecule is CCC(C(=O)Nc1nonc1NC(C)=O)N1Cc2ccccc2C1=O. The quantitative estimate of drug-likeness (QED) is 0.847. The van der Waals surface area contributed by atoms with E-state index in [1.54, 1.807) is 12.1 Å². The van der Waals surface area contributed by atoms with Gasteiger partial charge in [0.05, 0.1) is 0 Å². The summed E-state index contributed by atoms with van der Waals surface area (Å²) < 4.78 is 4.55. The first-order chi connectivity index (χ1) is 12.0. The van der Waals surface area contributed by atoms with Gasteiger partial charge >= 0.3 is 0 Å². The average molecular weight is 343 g/mol. The molecule has 0 bridgehead atoms. The Labute approximate surface area is 143 Å². The third kappa shape index (κ3) is 3.21. The molecular weight excluding hydrogens is 326 g/mol. The molecule has 1 atom stereocenters. The minimum Gasteiger partial charge on any atom is -0.322 e. The summed E-state index contributed by atoms with van der Waals surface area (Å²) in [5.41, 5.74) is 1.50. The molecule has 1 aliphatic rings. The van der Waals surface area contributed by atoms with Crippen molar-refractivity contribution < 1.29 is 19.0 Å². The molecule has 0 aliphatic carbocycles. The van der Waals surface area contributed by atoms with Crippen LogP contribution < -0.4 is 10.6 Å². The zero-order valence-electron chi connectivity index (χ0n) is 13.8. The van der Waals surface area contributed by atoms with Crippen molar-refractivity contribution in [3.63, 3.8) is 0 Å². The number of nitrogens with one attached hydrogen (secondary N) is 2. The van der Waals surface area contributed by atoms with Gasteiger partial charge in [0.1, 0.15) is 6.04 Å². The maximum absolute atomic E-state index is 12.6. The van der Waals surface area contributed by atoms with Gasteiger partial charge in [0.15, 0.2) is 0 Å². The van der Waals surface area contributed by atoms with Crippen LogP contribution in [0, 0.1) is 0 Å². The molecule has 9 heteroatoms. The molecule has 0 saturated carbocycles. The fraction of sp³-hybridized carbons (Fsp3) is 0.312. The molecule has 2 N–H and O–H groups in total. The number of amides is 3. The highest BCUT2D eigenvalue weighted by Crippen LogP contribution is 2.26. The Bertz CT molecular complexity index is 831. The Morgan fingerprint density at radius 1 is 1.24 bits per heavy atom. The lowest BCUT2D eigenvalue weighted by atomic mass is 10.1. The lowest BCUT2D eigenvalue weighted by Gasteiger charge is -2.25. The van der Waals surface area contributed by atoms with Crippen LogP contribution in [0.25, 0.3) is 0 Å². The first kappa shape index (κ1) is 16.6. The maximum atomic E-state index is 12.6. The molecule has 0 fully saturated rings. The smallest absolute Gasteiger partial charge is 0.255 e. The van der Waals surface area contributed by atoms with E-state index < -0.39 is 11.9 Å². The second-order valence-corrected chi connectivity index (χ2v) is 5.65. The minimum atomic E-state index is -0.679. The van der Waals surface area contributed by atoms with Gasteiger partial charge in [-0.1, -0.05) is 25.1 Å². The molecular formula is C16H17N5O4. The molecule has 0 spiro atoms. The predicted molar refractivity (Wildman–Crippen MR) is 87.6 cm³/mol. The number of aromatic nitrogens is 2. The van der Waals surface area contributed by atoms with E-state index >= 15 is 0 Å². The molecule has 1 unspecified atom stereocenters. The molecule has 0 radical (unpaired) electrons. The van der Waals surface area contributed by atoms with Gasteiger partial charge in [-0.15, -0.1) is 0 Å². The van der Waals surface area contributed by atoms with Gasteiger partial charge in [-0.05, 0) is 28.4 Å². The van der Waals surface area contributed by atoms with Gasteiger partial charge in [0.25, 0.3) is 5.91 Å². The number of carbonyl (C=O) groups excluding carboxylic acids is 3. The third-order valence-corrected chi connectivity index (χ3v) is 3.94. The summed E-state index contributed by atoms with van der Waals surface area (Å²) in [5.74, 6) is -0.957. The first-order valence-corrected chi connectivity index (χ1v) is 7.81. The zero-order chi connectivity index (χ0) is 18.0. The van der Waals surface area contributed by atoms with E-state index in [2.05, 4.69) is 25.6 Å². The highest BCUT2D eigenvalue weighted by atomic mass is 16.6. The van der Waals surface area contributed by atoms with Gasteiger partial charge in [-0.3, -0.25) is 14.4 Å². The number of nitrogens with zero attached hydrogens (tertiary/aromatic N) is 3. The Balaban J connectivity index is 1.76. The fourth-order valence-electron chi connectivity index (χ4n) is 2.80. The second kappa shape index (κ2) is 6.71. The highest BCUT2D eigenvalue weighted by molar-refractivity contribution is 6.04. The van der Waals surface area contributed by atoms with Crippen molar-refractivity contribution in [2.24, 2.45) is 0 Å². The van der Waals surface area contributed by atoms with Gasteiger partial charge < -0.3 is 15.5 Å². The van der Waals surface area contributed by atoms with Crippen molar-refractivity contribution in [3.05, 3.63) is 35.4 Å². The summed E-state index contributed by atoms with van der Waals surface area (Å²) in [6.45, 7) is 3.49. The molecule has 2 aromatic rings. The van der Waals surface area contributed by atoms with Crippen molar-refractivity contribution >= 4 is 29.4 Å².